The van der Waals surface area contributed by atoms with Crippen molar-refractivity contribution in [3.63, 3.8) is 0 Å². The van der Waals surface area contributed by atoms with Crippen molar-refractivity contribution < 1.29 is 14.3 Å². The van der Waals surface area contributed by atoms with Gasteiger partial charge in [-0.1, -0.05) is 26.2 Å². The Hall–Kier alpha value is -1.71. The molecule has 104 valence electrons. The molecule has 0 aromatic heterocycles. The lowest BCUT2D eigenvalue weighted by Crippen LogP contribution is -2.13. The number of ether oxygens (including phenoxy) is 2. The van der Waals surface area contributed by atoms with Crippen molar-refractivity contribution >= 4 is 11.5 Å². The molecule has 1 aromatic rings. The predicted molar refractivity (Wildman–Crippen MR) is 74.8 cm³/mol. The standard InChI is InChI=1S/C15H21NO3/c1-2-3-4-5-6-13(17)10-16-12-7-8-14-15(9-12)19-11-18-14/h7-9,16H,2-6,10-11H2,1H3. The van der Waals surface area contributed by atoms with E-state index in [0.717, 1.165) is 30.0 Å². The van der Waals surface area contributed by atoms with E-state index in [1.54, 1.807) is 0 Å². The Morgan fingerprint density at radius 2 is 2.05 bits per heavy atom. The average Bonchev–Trinajstić information content (AvgIpc) is 2.89. The zero-order valence-electron chi connectivity index (χ0n) is 11.4. The Labute approximate surface area is 114 Å². The van der Waals surface area contributed by atoms with Crippen LogP contribution in [0.4, 0.5) is 5.69 Å². The third-order valence-electron chi connectivity index (χ3n) is 3.17. The van der Waals surface area contributed by atoms with Gasteiger partial charge in [-0.2, -0.15) is 0 Å². The van der Waals surface area contributed by atoms with Crippen LogP contribution in [0.3, 0.4) is 0 Å². The average molecular weight is 263 g/mol. The highest BCUT2D eigenvalue weighted by molar-refractivity contribution is 5.83. The topological polar surface area (TPSA) is 47.6 Å². The number of carbonyl (C=O) groups excluding carboxylic acids is 1. The van der Waals surface area contributed by atoms with Gasteiger partial charge in [-0.15, -0.1) is 0 Å². The Bertz CT molecular complexity index is 431. The molecular formula is C15H21NO3. The maximum atomic E-state index is 11.7. The molecule has 0 saturated carbocycles. The molecule has 1 heterocycles. The number of unbranched alkanes of at least 4 members (excludes halogenated alkanes) is 3. The van der Waals surface area contributed by atoms with Gasteiger partial charge in [0.05, 0.1) is 6.54 Å². The molecule has 0 unspecified atom stereocenters. The summed E-state index contributed by atoms with van der Waals surface area (Å²) in [6, 6.07) is 5.63. The number of nitrogens with one attached hydrogen (secondary N) is 1. The van der Waals surface area contributed by atoms with Crippen molar-refractivity contribution in [2.45, 2.75) is 39.0 Å². The number of ketones is 1. The maximum Gasteiger partial charge on any atom is 0.231 e. The lowest BCUT2D eigenvalue weighted by molar-refractivity contribution is -0.117. The van der Waals surface area contributed by atoms with E-state index in [1.807, 2.05) is 18.2 Å². The van der Waals surface area contributed by atoms with Gasteiger partial charge in [0.25, 0.3) is 0 Å². The maximum absolute atomic E-state index is 11.7. The molecule has 4 nitrogen and oxygen atoms in total. The summed E-state index contributed by atoms with van der Waals surface area (Å²) >= 11 is 0. The van der Waals surface area contributed by atoms with Crippen molar-refractivity contribution in [3.05, 3.63) is 18.2 Å². The Balaban J connectivity index is 1.71. The Morgan fingerprint density at radius 1 is 1.21 bits per heavy atom. The summed E-state index contributed by atoms with van der Waals surface area (Å²) in [4.78, 5) is 11.7. The smallest absolute Gasteiger partial charge is 0.231 e. The van der Waals surface area contributed by atoms with Gasteiger partial charge in [-0.25, -0.2) is 0 Å². The molecule has 0 atom stereocenters. The minimum absolute atomic E-state index is 0.258. The van der Waals surface area contributed by atoms with E-state index < -0.39 is 0 Å². The first-order chi connectivity index (χ1) is 9.29. The van der Waals surface area contributed by atoms with Gasteiger partial charge in [0.15, 0.2) is 17.3 Å². The first-order valence-electron chi connectivity index (χ1n) is 6.95. The second-order valence-corrected chi connectivity index (χ2v) is 4.77. The number of benzene rings is 1. The summed E-state index contributed by atoms with van der Waals surface area (Å²) in [5.74, 6) is 1.76. The lowest BCUT2D eigenvalue weighted by Gasteiger charge is -2.06. The zero-order valence-corrected chi connectivity index (χ0v) is 11.4. The van der Waals surface area contributed by atoms with Gasteiger partial charge < -0.3 is 14.8 Å². The van der Waals surface area contributed by atoms with E-state index in [1.165, 1.54) is 12.8 Å². The molecular weight excluding hydrogens is 242 g/mol. The van der Waals surface area contributed by atoms with Crippen molar-refractivity contribution in [1.29, 1.82) is 0 Å². The van der Waals surface area contributed by atoms with Crippen LogP contribution < -0.4 is 14.8 Å². The summed E-state index contributed by atoms with van der Waals surface area (Å²) in [6.07, 6.45) is 5.21. The highest BCUT2D eigenvalue weighted by Crippen LogP contribution is 2.34. The van der Waals surface area contributed by atoms with Crippen LogP contribution >= 0.6 is 0 Å². The van der Waals surface area contributed by atoms with Crippen LogP contribution in [0.1, 0.15) is 39.0 Å². The molecule has 1 N–H and O–H groups in total. The highest BCUT2D eigenvalue weighted by Gasteiger charge is 2.13. The van der Waals surface area contributed by atoms with Crippen molar-refractivity contribution in [3.8, 4) is 11.5 Å². The molecule has 1 aliphatic heterocycles. The summed E-state index contributed by atoms with van der Waals surface area (Å²) in [5.41, 5.74) is 0.895. The van der Waals surface area contributed by atoms with Crippen LogP contribution in [0.5, 0.6) is 11.5 Å². The van der Waals surface area contributed by atoms with E-state index in [0.29, 0.717) is 13.0 Å². The van der Waals surface area contributed by atoms with Crippen LogP contribution in [0.15, 0.2) is 18.2 Å². The van der Waals surface area contributed by atoms with Crippen LogP contribution in [0, 0.1) is 0 Å². The first-order valence-corrected chi connectivity index (χ1v) is 6.95. The zero-order chi connectivity index (χ0) is 13.5. The molecule has 0 spiro atoms. The van der Waals surface area contributed by atoms with Gasteiger partial charge in [-0.3, -0.25) is 4.79 Å². The van der Waals surface area contributed by atoms with Crippen LogP contribution in [0.2, 0.25) is 0 Å². The third-order valence-corrected chi connectivity index (χ3v) is 3.17. The van der Waals surface area contributed by atoms with Crippen molar-refractivity contribution in [2.75, 3.05) is 18.7 Å². The van der Waals surface area contributed by atoms with Gasteiger partial charge >= 0.3 is 0 Å². The largest absolute Gasteiger partial charge is 0.454 e. The monoisotopic (exact) mass is 263 g/mol. The molecule has 0 amide bonds. The third kappa shape index (κ3) is 4.16. The van der Waals surface area contributed by atoms with Crippen LogP contribution in [0.25, 0.3) is 0 Å². The fraction of sp³-hybridized carbons (Fsp3) is 0.533. The van der Waals surface area contributed by atoms with E-state index in [4.69, 9.17) is 9.47 Å². The van der Waals surface area contributed by atoms with Gasteiger partial charge in [0, 0.05) is 18.2 Å². The molecule has 0 aliphatic carbocycles. The van der Waals surface area contributed by atoms with E-state index in [-0.39, 0.29) is 12.6 Å². The van der Waals surface area contributed by atoms with Crippen molar-refractivity contribution in [2.24, 2.45) is 0 Å². The Kier molecular flexibility index (Phi) is 5.07. The fourth-order valence-corrected chi connectivity index (χ4v) is 2.04. The van der Waals surface area contributed by atoms with Crippen LogP contribution in [-0.2, 0) is 4.79 Å². The summed E-state index contributed by atoms with van der Waals surface area (Å²) in [7, 11) is 0. The molecule has 1 aromatic carbocycles. The summed E-state index contributed by atoms with van der Waals surface area (Å²) in [6.45, 7) is 2.82. The fourth-order valence-electron chi connectivity index (χ4n) is 2.04. The second-order valence-electron chi connectivity index (χ2n) is 4.77. The molecule has 0 radical (unpaired) electrons. The van der Waals surface area contributed by atoms with Crippen molar-refractivity contribution in [1.82, 2.24) is 0 Å². The van der Waals surface area contributed by atoms with E-state index >= 15 is 0 Å². The molecule has 2 rings (SSSR count). The number of rotatable bonds is 8. The van der Waals surface area contributed by atoms with Gasteiger partial charge in [0.2, 0.25) is 6.79 Å². The molecule has 1 aliphatic rings. The highest BCUT2D eigenvalue weighted by atomic mass is 16.7. The van der Waals surface area contributed by atoms with E-state index in [2.05, 4.69) is 12.2 Å². The number of hydrogen-bond donors (Lipinski definition) is 1. The molecule has 0 fully saturated rings. The summed E-state index contributed by atoms with van der Waals surface area (Å²) < 4.78 is 10.5. The quantitative estimate of drug-likeness (QED) is 0.730. The SMILES string of the molecule is CCCCCCC(=O)CNc1ccc2c(c1)OCO2. The van der Waals surface area contributed by atoms with Crippen LogP contribution in [-0.4, -0.2) is 19.1 Å². The number of Topliss-reactive ketones (excluding diaryl/α,β-unsaturated/α-hetero) is 1. The number of hydrogen-bond acceptors (Lipinski definition) is 4. The van der Waals surface area contributed by atoms with Gasteiger partial charge in [0.1, 0.15) is 0 Å². The predicted octanol–water partition coefficient (Wildman–Crippen LogP) is 3.37. The normalized spacial score (nSPS) is 12.5. The number of fused-ring (bicyclic) bond motifs is 1. The Morgan fingerprint density at radius 3 is 2.89 bits per heavy atom. The summed E-state index contributed by atoms with van der Waals surface area (Å²) in [5, 5.41) is 3.13. The van der Waals surface area contributed by atoms with E-state index in [9.17, 15) is 4.79 Å². The molecule has 0 saturated heterocycles. The van der Waals surface area contributed by atoms with Gasteiger partial charge in [-0.05, 0) is 18.6 Å². The molecule has 4 heteroatoms. The molecule has 0 bridgehead atoms. The minimum Gasteiger partial charge on any atom is -0.454 e. The minimum atomic E-state index is 0.258. The second kappa shape index (κ2) is 7.02. The first kappa shape index (κ1) is 13.7. The molecule has 19 heavy (non-hydrogen) atoms. The lowest BCUT2D eigenvalue weighted by atomic mass is 10.1. The number of anilines is 1. The number of carbonyl (C=O) groups is 1.